The van der Waals surface area contributed by atoms with E-state index in [1.807, 2.05) is 43.3 Å². The molecule has 0 unspecified atom stereocenters. The Labute approximate surface area is 142 Å². The van der Waals surface area contributed by atoms with Gasteiger partial charge in [0.1, 0.15) is 11.6 Å². The van der Waals surface area contributed by atoms with Crippen LogP contribution in [0.4, 0.5) is 0 Å². The molecule has 116 valence electrons. The molecule has 0 saturated carbocycles. The van der Waals surface area contributed by atoms with Gasteiger partial charge in [-0.2, -0.15) is 5.26 Å². The van der Waals surface area contributed by atoms with Gasteiger partial charge in [-0.3, -0.25) is 4.79 Å². The number of nitrogens with zero attached hydrogens (tertiary/aromatic N) is 1. The van der Waals surface area contributed by atoms with Crippen LogP contribution in [0.1, 0.15) is 11.1 Å². The van der Waals surface area contributed by atoms with Gasteiger partial charge in [-0.25, -0.2) is 0 Å². The number of H-pyrrole nitrogens is 2. The molecule has 0 atom stereocenters. The number of aromatic amines is 2. The Kier molecular flexibility index (Phi) is 3.19. The molecule has 0 spiro atoms. The van der Waals surface area contributed by atoms with Crippen molar-refractivity contribution in [2.24, 2.45) is 0 Å². The first-order chi connectivity index (χ1) is 11.6. The summed E-state index contributed by atoms with van der Waals surface area (Å²) in [7, 11) is 0. The van der Waals surface area contributed by atoms with Crippen LogP contribution in [0.15, 0.2) is 47.3 Å². The van der Waals surface area contributed by atoms with E-state index < -0.39 is 5.56 Å². The van der Waals surface area contributed by atoms with Crippen LogP contribution in [0.3, 0.4) is 0 Å². The Morgan fingerprint density at radius 1 is 1.08 bits per heavy atom. The third kappa shape index (κ3) is 2.10. The van der Waals surface area contributed by atoms with Gasteiger partial charge in [0, 0.05) is 21.5 Å². The summed E-state index contributed by atoms with van der Waals surface area (Å²) in [5, 5.41) is 10.9. The van der Waals surface area contributed by atoms with Crippen LogP contribution in [-0.2, 0) is 0 Å². The second kappa shape index (κ2) is 5.26. The van der Waals surface area contributed by atoms with Crippen molar-refractivity contribution >= 4 is 33.5 Å². The van der Waals surface area contributed by atoms with E-state index in [1.54, 1.807) is 12.1 Å². The average molecular weight is 334 g/mol. The van der Waals surface area contributed by atoms with Crippen LogP contribution >= 0.6 is 11.6 Å². The van der Waals surface area contributed by atoms with Crippen molar-refractivity contribution in [2.75, 3.05) is 0 Å². The molecule has 5 heteroatoms. The number of benzene rings is 2. The van der Waals surface area contributed by atoms with E-state index in [-0.39, 0.29) is 5.56 Å². The van der Waals surface area contributed by atoms with Crippen molar-refractivity contribution in [3.05, 3.63) is 69.0 Å². The number of fused-ring (bicyclic) bond motifs is 3. The van der Waals surface area contributed by atoms with E-state index in [1.165, 1.54) is 0 Å². The lowest BCUT2D eigenvalue weighted by Crippen LogP contribution is -2.11. The number of nitriles is 1. The monoisotopic (exact) mass is 333 g/mol. The van der Waals surface area contributed by atoms with Gasteiger partial charge in [-0.15, -0.1) is 0 Å². The van der Waals surface area contributed by atoms with Gasteiger partial charge in [-0.05, 0) is 30.7 Å². The summed E-state index contributed by atoms with van der Waals surface area (Å²) in [6.07, 6.45) is 0. The van der Waals surface area contributed by atoms with Gasteiger partial charge >= 0.3 is 0 Å². The molecule has 0 radical (unpaired) electrons. The first-order valence-corrected chi connectivity index (χ1v) is 7.80. The molecule has 24 heavy (non-hydrogen) atoms. The smallest absolute Gasteiger partial charge is 0.267 e. The molecule has 0 aliphatic carbocycles. The Morgan fingerprint density at radius 2 is 1.92 bits per heavy atom. The van der Waals surface area contributed by atoms with Crippen molar-refractivity contribution in [1.82, 2.24) is 9.97 Å². The Balaban J connectivity index is 2.24. The van der Waals surface area contributed by atoms with Crippen LogP contribution in [0, 0.1) is 18.3 Å². The maximum atomic E-state index is 12.4. The minimum absolute atomic E-state index is 0.103. The van der Waals surface area contributed by atoms with Gasteiger partial charge in [0.2, 0.25) is 0 Å². The van der Waals surface area contributed by atoms with E-state index in [2.05, 4.69) is 9.97 Å². The minimum atomic E-state index is -0.401. The zero-order chi connectivity index (χ0) is 16.8. The predicted molar refractivity (Wildman–Crippen MR) is 96.3 cm³/mol. The molecule has 0 bridgehead atoms. The van der Waals surface area contributed by atoms with E-state index in [0.29, 0.717) is 16.1 Å². The molecule has 4 nitrogen and oxygen atoms in total. The number of halogens is 1. The number of nitrogens with one attached hydrogen (secondary N) is 2. The largest absolute Gasteiger partial charge is 0.353 e. The van der Waals surface area contributed by atoms with E-state index in [9.17, 15) is 10.1 Å². The lowest BCUT2D eigenvalue weighted by molar-refractivity contribution is 1.28. The first kappa shape index (κ1) is 14.6. The van der Waals surface area contributed by atoms with Gasteiger partial charge < -0.3 is 9.97 Å². The molecule has 0 aliphatic rings. The zero-order valence-electron chi connectivity index (χ0n) is 12.8. The number of hydrogen-bond acceptors (Lipinski definition) is 2. The van der Waals surface area contributed by atoms with Crippen molar-refractivity contribution in [3.63, 3.8) is 0 Å². The van der Waals surface area contributed by atoms with E-state index in [4.69, 9.17) is 11.6 Å². The van der Waals surface area contributed by atoms with Crippen molar-refractivity contribution in [2.45, 2.75) is 6.92 Å². The summed E-state index contributed by atoms with van der Waals surface area (Å²) in [6, 6.07) is 15.3. The molecule has 0 fully saturated rings. The summed E-state index contributed by atoms with van der Waals surface area (Å²) in [4.78, 5) is 18.6. The highest BCUT2D eigenvalue weighted by molar-refractivity contribution is 6.31. The number of hydrogen-bond donors (Lipinski definition) is 2. The second-order valence-corrected chi connectivity index (χ2v) is 6.19. The molecule has 0 amide bonds. The summed E-state index contributed by atoms with van der Waals surface area (Å²) in [5.41, 5.74) is 4.46. The summed E-state index contributed by atoms with van der Waals surface area (Å²) in [5.74, 6) is 0. The minimum Gasteiger partial charge on any atom is -0.353 e. The lowest BCUT2D eigenvalue weighted by atomic mass is 9.98. The standard InChI is InChI=1S/C19H12ClN3O/c1-10-3-2-4-11(7-10)16-14(9-21)19(24)23-17-13-8-12(20)5-6-15(13)22-18(16)17/h2-8,22H,1H3,(H,23,24). The highest BCUT2D eigenvalue weighted by atomic mass is 35.5. The molecule has 2 aromatic carbocycles. The van der Waals surface area contributed by atoms with Crippen LogP contribution in [0.25, 0.3) is 33.1 Å². The zero-order valence-corrected chi connectivity index (χ0v) is 13.5. The maximum absolute atomic E-state index is 12.4. The number of aromatic nitrogens is 2. The summed E-state index contributed by atoms with van der Waals surface area (Å²) < 4.78 is 0. The average Bonchev–Trinajstić information content (AvgIpc) is 2.91. The van der Waals surface area contributed by atoms with Gasteiger partial charge in [0.25, 0.3) is 5.56 Å². The highest BCUT2D eigenvalue weighted by Crippen LogP contribution is 2.34. The number of pyridine rings is 1. The SMILES string of the molecule is Cc1cccc(-c2c(C#N)c(=O)[nH]c3c2[nH]c2ccc(Cl)cc23)c1. The fourth-order valence-electron chi connectivity index (χ4n) is 3.09. The molecular formula is C19H12ClN3O. The Morgan fingerprint density at radius 3 is 2.67 bits per heavy atom. The van der Waals surface area contributed by atoms with Crippen molar-refractivity contribution < 1.29 is 0 Å². The third-order valence-corrected chi connectivity index (χ3v) is 4.38. The van der Waals surface area contributed by atoms with Crippen LogP contribution in [0.5, 0.6) is 0 Å². The molecule has 2 heterocycles. The summed E-state index contributed by atoms with van der Waals surface area (Å²) in [6.45, 7) is 1.98. The van der Waals surface area contributed by atoms with E-state index >= 15 is 0 Å². The topological polar surface area (TPSA) is 72.4 Å². The van der Waals surface area contributed by atoms with Crippen LogP contribution in [0.2, 0.25) is 5.02 Å². The quantitative estimate of drug-likeness (QED) is 0.538. The Hall–Kier alpha value is -3.03. The lowest BCUT2D eigenvalue weighted by Gasteiger charge is -2.07. The molecule has 2 aromatic heterocycles. The maximum Gasteiger partial charge on any atom is 0.267 e. The number of rotatable bonds is 1. The van der Waals surface area contributed by atoms with Crippen LogP contribution < -0.4 is 5.56 Å². The number of aryl methyl sites for hydroxylation is 1. The molecule has 2 N–H and O–H groups in total. The highest BCUT2D eigenvalue weighted by Gasteiger charge is 2.18. The van der Waals surface area contributed by atoms with Crippen molar-refractivity contribution in [3.8, 4) is 17.2 Å². The molecule has 4 aromatic rings. The van der Waals surface area contributed by atoms with E-state index in [0.717, 1.165) is 27.5 Å². The van der Waals surface area contributed by atoms with Crippen molar-refractivity contribution in [1.29, 1.82) is 5.26 Å². The third-order valence-electron chi connectivity index (χ3n) is 4.14. The first-order valence-electron chi connectivity index (χ1n) is 7.43. The van der Waals surface area contributed by atoms with Gasteiger partial charge in [-0.1, -0.05) is 41.4 Å². The Bertz CT molecular complexity index is 1210. The molecule has 0 saturated heterocycles. The fraction of sp³-hybridized carbons (Fsp3) is 0.0526. The predicted octanol–water partition coefficient (Wildman–Crippen LogP) is 4.51. The molecule has 0 aliphatic heterocycles. The molecular weight excluding hydrogens is 322 g/mol. The van der Waals surface area contributed by atoms with Gasteiger partial charge in [0.15, 0.2) is 0 Å². The normalized spacial score (nSPS) is 11.0. The second-order valence-electron chi connectivity index (χ2n) is 5.75. The summed E-state index contributed by atoms with van der Waals surface area (Å²) >= 11 is 6.09. The molecule has 4 rings (SSSR count). The van der Waals surface area contributed by atoms with Gasteiger partial charge in [0.05, 0.1) is 11.0 Å². The van der Waals surface area contributed by atoms with Crippen LogP contribution in [-0.4, -0.2) is 9.97 Å². The fourth-order valence-corrected chi connectivity index (χ4v) is 3.26.